The van der Waals surface area contributed by atoms with E-state index < -0.39 is 0 Å². The highest BCUT2D eigenvalue weighted by Crippen LogP contribution is 2.11. The molecule has 13 heavy (non-hydrogen) atoms. The van der Waals surface area contributed by atoms with E-state index in [9.17, 15) is 0 Å². The number of rotatable bonds is 0. The lowest BCUT2D eigenvalue weighted by Gasteiger charge is -2.15. The summed E-state index contributed by atoms with van der Waals surface area (Å²) in [5, 5.41) is 10.9. The Morgan fingerprint density at radius 1 is 1.31 bits per heavy atom. The van der Waals surface area contributed by atoms with Crippen molar-refractivity contribution in [1.29, 1.82) is 0 Å². The molecule has 0 spiro atoms. The van der Waals surface area contributed by atoms with E-state index in [0.29, 0.717) is 0 Å². The summed E-state index contributed by atoms with van der Waals surface area (Å²) in [6, 6.07) is 8.63. The van der Waals surface area contributed by atoms with Crippen molar-refractivity contribution in [1.82, 2.24) is 5.32 Å². The van der Waals surface area contributed by atoms with Crippen LogP contribution in [0.15, 0.2) is 24.3 Å². The first kappa shape index (κ1) is 10.2. The molecule has 1 aliphatic rings. The molecule has 0 atom stereocenters. The maximum atomic E-state index is 7.57. The van der Waals surface area contributed by atoms with Gasteiger partial charge in [0.15, 0.2) is 0 Å². The van der Waals surface area contributed by atoms with Crippen LogP contribution in [0.5, 0.6) is 0 Å². The number of benzene rings is 1. The SMILES string of the molecule is CCO.c1ccc2c(c1)CCNC2. The average molecular weight is 179 g/mol. The van der Waals surface area contributed by atoms with Crippen molar-refractivity contribution in [3.05, 3.63) is 35.4 Å². The standard InChI is InChI=1S/C9H11N.C2H6O/c1-2-4-9-7-10-6-5-8(9)3-1;1-2-3/h1-4,10H,5-7H2;3H,2H2,1H3. The summed E-state index contributed by atoms with van der Waals surface area (Å²) in [5.41, 5.74) is 2.98. The monoisotopic (exact) mass is 179 g/mol. The molecular weight excluding hydrogens is 162 g/mol. The molecule has 1 aromatic carbocycles. The highest BCUT2D eigenvalue weighted by atomic mass is 16.2. The van der Waals surface area contributed by atoms with Gasteiger partial charge in [0.05, 0.1) is 0 Å². The van der Waals surface area contributed by atoms with E-state index in [-0.39, 0.29) is 6.61 Å². The summed E-state index contributed by atoms with van der Waals surface area (Å²) in [5.74, 6) is 0. The fraction of sp³-hybridized carbons (Fsp3) is 0.455. The quantitative estimate of drug-likeness (QED) is 0.629. The smallest absolute Gasteiger partial charge is 0.0402 e. The lowest BCUT2D eigenvalue weighted by molar-refractivity contribution is 0.318. The van der Waals surface area contributed by atoms with Gasteiger partial charge in [0.25, 0.3) is 0 Å². The number of aliphatic hydroxyl groups is 1. The van der Waals surface area contributed by atoms with Crippen LogP contribution in [-0.4, -0.2) is 18.3 Å². The van der Waals surface area contributed by atoms with Gasteiger partial charge in [-0.05, 0) is 31.0 Å². The van der Waals surface area contributed by atoms with Crippen LogP contribution in [0.1, 0.15) is 18.1 Å². The van der Waals surface area contributed by atoms with Gasteiger partial charge in [0.1, 0.15) is 0 Å². The normalized spacial score (nSPS) is 14.0. The van der Waals surface area contributed by atoms with Gasteiger partial charge in [0, 0.05) is 13.2 Å². The van der Waals surface area contributed by atoms with Crippen LogP contribution in [0, 0.1) is 0 Å². The third-order valence-corrected chi connectivity index (χ3v) is 2.00. The van der Waals surface area contributed by atoms with E-state index in [2.05, 4.69) is 29.6 Å². The summed E-state index contributed by atoms with van der Waals surface area (Å²) in [7, 11) is 0. The van der Waals surface area contributed by atoms with Gasteiger partial charge >= 0.3 is 0 Å². The van der Waals surface area contributed by atoms with Gasteiger partial charge in [-0.15, -0.1) is 0 Å². The molecule has 0 radical (unpaired) electrons. The molecule has 2 heteroatoms. The first-order chi connectivity index (χ1) is 6.38. The van der Waals surface area contributed by atoms with Gasteiger partial charge in [-0.1, -0.05) is 24.3 Å². The molecule has 0 amide bonds. The largest absolute Gasteiger partial charge is 0.397 e. The fourth-order valence-electron chi connectivity index (χ4n) is 1.42. The molecule has 0 fully saturated rings. The molecule has 0 bridgehead atoms. The van der Waals surface area contributed by atoms with Gasteiger partial charge in [0.2, 0.25) is 0 Å². The summed E-state index contributed by atoms with van der Waals surface area (Å²) in [6.07, 6.45) is 1.19. The summed E-state index contributed by atoms with van der Waals surface area (Å²) >= 11 is 0. The zero-order valence-corrected chi connectivity index (χ0v) is 8.09. The van der Waals surface area contributed by atoms with Crippen molar-refractivity contribution in [3.63, 3.8) is 0 Å². The van der Waals surface area contributed by atoms with Crippen molar-refractivity contribution >= 4 is 0 Å². The van der Waals surface area contributed by atoms with E-state index >= 15 is 0 Å². The van der Waals surface area contributed by atoms with Crippen molar-refractivity contribution in [2.24, 2.45) is 0 Å². The highest BCUT2D eigenvalue weighted by molar-refractivity contribution is 5.28. The van der Waals surface area contributed by atoms with E-state index in [4.69, 9.17) is 5.11 Å². The summed E-state index contributed by atoms with van der Waals surface area (Å²) in [4.78, 5) is 0. The van der Waals surface area contributed by atoms with Crippen molar-refractivity contribution in [2.45, 2.75) is 19.9 Å². The number of hydrogen-bond acceptors (Lipinski definition) is 2. The molecule has 0 unspecified atom stereocenters. The van der Waals surface area contributed by atoms with Crippen molar-refractivity contribution < 1.29 is 5.11 Å². The predicted octanol–water partition coefficient (Wildman–Crippen LogP) is 1.33. The van der Waals surface area contributed by atoms with Gasteiger partial charge in [-0.2, -0.15) is 0 Å². The third kappa shape index (κ3) is 3.17. The first-order valence-corrected chi connectivity index (χ1v) is 4.76. The molecule has 2 rings (SSSR count). The third-order valence-electron chi connectivity index (χ3n) is 2.00. The second kappa shape index (κ2) is 5.73. The van der Waals surface area contributed by atoms with E-state index in [0.717, 1.165) is 13.1 Å². The van der Waals surface area contributed by atoms with Crippen LogP contribution >= 0.6 is 0 Å². The topological polar surface area (TPSA) is 32.3 Å². The molecule has 0 saturated carbocycles. The molecule has 1 aromatic rings. The minimum absolute atomic E-state index is 0.250. The van der Waals surface area contributed by atoms with Crippen LogP contribution in [0.2, 0.25) is 0 Å². The predicted molar refractivity (Wildman–Crippen MR) is 54.6 cm³/mol. The van der Waals surface area contributed by atoms with Crippen LogP contribution < -0.4 is 5.32 Å². The number of fused-ring (bicyclic) bond motifs is 1. The molecule has 0 aromatic heterocycles. The summed E-state index contributed by atoms with van der Waals surface area (Å²) in [6.45, 7) is 4.12. The maximum absolute atomic E-state index is 7.57. The molecular formula is C11H17NO. The Morgan fingerprint density at radius 2 is 1.92 bits per heavy atom. The van der Waals surface area contributed by atoms with Crippen molar-refractivity contribution in [2.75, 3.05) is 13.2 Å². The van der Waals surface area contributed by atoms with Gasteiger partial charge in [-0.3, -0.25) is 0 Å². The molecule has 0 saturated heterocycles. The number of nitrogens with one attached hydrogen (secondary N) is 1. The minimum Gasteiger partial charge on any atom is -0.397 e. The second-order valence-electron chi connectivity index (χ2n) is 3.01. The molecule has 2 N–H and O–H groups in total. The molecule has 0 aliphatic carbocycles. The fourth-order valence-corrected chi connectivity index (χ4v) is 1.42. The van der Waals surface area contributed by atoms with Crippen LogP contribution in [-0.2, 0) is 13.0 Å². The van der Waals surface area contributed by atoms with Crippen LogP contribution in [0.3, 0.4) is 0 Å². The Hall–Kier alpha value is -0.860. The zero-order chi connectivity index (χ0) is 9.52. The Bertz CT molecular complexity index is 223. The van der Waals surface area contributed by atoms with Crippen LogP contribution in [0.4, 0.5) is 0 Å². The second-order valence-corrected chi connectivity index (χ2v) is 3.01. The molecule has 72 valence electrons. The Kier molecular flexibility index (Phi) is 4.50. The Morgan fingerprint density at radius 3 is 2.54 bits per heavy atom. The Balaban J connectivity index is 0.000000251. The number of hydrogen-bond donors (Lipinski definition) is 2. The molecule has 1 heterocycles. The number of aliphatic hydroxyl groups excluding tert-OH is 1. The molecule has 1 aliphatic heterocycles. The average Bonchev–Trinajstić information content (AvgIpc) is 2.19. The summed E-state index contributed by atoms with van der Waals surface area (Å²) < 4.78 is 0. The molecule has 2 nitrogen and oxygen atoms in total. The van der Waals surface area contributed by atoms with E-state index in [1.165, 1.54) is 17.5 Å². The first-order valence-electron chi connectivity index (χ1n) is 4.76. The van der Waals surface area contributed by atoms with E-state index in [1.54, 1.807) is 6.92 Å². The Labute approximate surface area is 79.6 Å². The van der Waals surface area contributed by atoms with Gasteiger partial charge < -0.3 is 10.4 Å². The van der Waals surface area contributed by atoms with Gasteiger partial charge in [-0.25, -0.2) is 0 Å². The minimum atomic E-state index is 0.250. The lowest BCUT2D eigenvalue weighted by atomic mass is 10.0. The maximum Gasteiger partial charge on any atom is 0.0402 e. The highest BCUT2D eigenvalue weighted by Gasteiger charge is 2.05. The van der Waals surface area contributed by atoms with E-state index in [1.807, 2.05) is 0 Å². The lowest BCUT2D eigenvalue weighted by Crippen LogP contribution is -2.23. The van der Waals surface area contributed by atoms with Crippen molar-refractivity contribution in [3.8, 4) is 0 Å². The van der Waals surface area contributed by atoms with Crippen LogP contribution in [0.25, 0.3) is 0 Å². The zero-order valence-electron chi connectivity index (χ0n) is 8.09.